The Balaban J connectivity index is 1.53. The number of Topliss-reactive ketones (excluding diaryl/α,β-unsaturated/α-hetero) is 2. The van der Waals surface area contributed by atoms with Crippen molar-refractivity contribution in [2.45, 2.75) is 0 Å². The van der Waals surface area contributed by atoms with Gasteiger partial charge in [-0.05, 0) is 30.3 Å². The molecule has 1 aliphatic carbocycles. The highest BCUT2D eigenvalue weighted by molar-refractivity contribution is 6.41. The smallest absolute Gasteiger partial charge is 0.266 e. The third kappa shape index (κ3) is 2.40. The van der Waals surface area contributed by atoms with Crippen LogP contribution in [0, 0.1) is 11.6 Å². The van der Waals surface area contributed by atoms with Crippen LogP contribution >= 0.6 is 0 Å². The van der Waals surface area contributed by atoms with Gasteiger partial charge < -0.3 is 8.83 Å². The zero-order chi connectivity index (χ0) is 19.4. The quantitative estimate of drug-likeness (QED) is 0.370. The van der Waals surface area contributed by atoms with Gasteiger partial charge in [0.1, 0.15) is 5.76 Å². The molecule has 0 unspecified atom stereocenters. The highest BCUT2D eigenvalue weighted by atomic mass is 19.2. The van der Waals surface area contributed by atoms with E-state index in [4.69, 9.17) is 8.83 Å². The molecular weight excluding hydrogens is 368 g/mol. The molecule has 0 spiro atoms. The lowest BCUT2D eigenvalue weighted by molar-refractivity contribution is 0.0990. The fourth-order valence-corrected chi connectivity index (χ4v) is 3.12. The summed E-state index contributed by atoms with van der Waals surface area (Å²) in [5, 5.41) is 0. The van der Waals surface area contributed by atoms with Gasteiger partial charge in [0.15, 0.2) is 28.8 Å². The summed E-state index contributed by atoms with van der Waals surface area (Å²) in [5.74, 6) is -3.20. The van der Waals surface area contributed by atoms with Crippen LogP contribution < -0.4 is 0 Å². The summed E-state index contributed by atoms with van der Waals surface area (Å²) in [4.78, 5) is 29.1. The summed E-state index contributed by atoms with van der Waals surface area (Å²) < 4.78 is 38.0. The van der Waals surface area contributed by atoms with E-state index in [9.17, 15) is 18.4 Å². The Morgan fingerprint density at radius 3 is 2.11 bits per heavy atom. The van der Waals surface area contributed by atoms with Crippen LogP contribution in [0.15, 0.2) is 62.9 Å². The Morgan fingerprint density at radius 2 is 1.50 bits per heavy atom. The van der Waals surface area contributed by atoms with Gasteiger partial charge in [-0.1, -0.05) is 18.2 Å². The van der Waals surface area contributed by atoms with Gasteiger partial charge in [0, 0.05) is 22.8 Å². The van der Waals surface area contributed by atoms with E-state index in [1.807, 2.05) is 30.3 Å². The number of hydrogen-bond donors (Lipinski definition) is 0. The number of benzene rings is 2. The van der Waals surface area contributed by atoms with E-state index < -0.39 is 23.2 Å². The van der Waals surface area contributed by atoms with E-state index in [1.165, 1.54) is 12.1 Å². The number of hydrogen-bond acceptors (Lipinski definition) is 5. The van der Waals surface area contributed by atoms with Crippen molar-refractivity contribution in [1.29, 1.82) is 0 Å². The second-order valence-corrected chi connectivity index (χ2v) is 6.23. The average Bonchev–Trinajstić information content (AvgIpc) is 3.31. The van der Waals surface area contributed by atoms with Crippen molar-refractivity contribution in [3.63, 3.8) is 0 Å². The number of fused-ring (bicyclic) bond motifs is 2. The second kappa shape index (κ2) is 5.82. The zero-order valence-electron chi connectivity index (χ0n) is 14.0. The highest BCUT2D eigenvalue weighted by Crippen LogP contribution is 2.32. The Hall–Kier alpha value is -3.87. The fourth-order valence-electron chi connectivity index (χ4n) is 3.12. The summed E-state index contributed by atoms with van der Waals surface area (Å²) in [6.45, 7) is 0. The predicted molar refractivity (Wildman–Crippen MR) is 94.7 cm³/mol. The van der Waals surface area contributed by atoms with Crippen LogP contribution in [0.5, 0.6) is 0 Å². The molecule has 7 heteroatoms. The first-order valence-corrected chi connectivity index (χ1v) is 8.27. The van der Waals surface area contributed by atoms with Crippen molar-refractivity contribution in [3.8, 4) is 11.5 Å². The van der Waals surface area contributed by atoms with E-state index in [2.05, 4.69) is 4.98 Å². The molecule has 5 nitrogen and oxygen atoms in total. The largest absolute Gasteiger partial charge is 0.436 e. The molecule has 0 bridgehead atoms. The molecule has 5 rings (SSSR count). The summed E-state index contributed by atoms with van der Waals surface area (Å²) in [7, 11) is 0. The first-order valence-electron chi connectivity index (χ1n) is 8.27. The molecule has 0 saturated carbocycles. The van der Waals surface area contributed by atoms with Gasteiger partial charge in [0.25, 0.3) is 5.71 Å². The molecule has 0 fully saturated rings. The maximum absolute atomic E-state index is 13.4. The van der Waals surface area contributed by atoms with Gasteiger partial charge in [0.2, 0.25) is 5.89 Å². The van der Waals surface area contributed by atoms with E-state index >= 15 is 0 Å². The predicted octanol–water partition coefficient (Wildman–Crippen LogP) is 4.83. The maximum Gasteiger partial charge on any atom is 0.266 e. The van der Waals surface area contributed by atoms with Gasteiger partial charge in [-0.2, -0.15) is 4.98 Å². The summed E-state index contributed by atoms with van der Waals surface area (Å²) >= 11 is 0. The average molecular weight is 377 g/mol. The Morgan fingerprint density at radius 1 is 0.857 bits per heavy atom. The summed E-state index contributed by atoms with van der Waals surface area (Å²) in [6.07, 6.45) is 1.22. The van der Waals surface area contributed by atoms with Crippen molar-refractivity contribution in [2.24, 2.45) is 0 Å². The van der Waals surface area contributed by atoms with Crippen molar-refractivity contribution in [1.82, 2.24) is 4.98 Å². The van der Waals surface area contributed by atoms with Crippen LogP contribution in [0.4, 0.5) is 8.78 Å². The number of aromatic nitrogens is 1. The Kier molecular flexibility index (Phi) is 3.39. The lowest BCUT2D eigenvalue weighted by Crippen LogP contribution is -1.99. The normalized spacial score (nSPS) is 13.4. The first kappa shape index (κ1) is 16.3. The van der Waals surface area contributed by atoms with Crippen LogP contribution in [0.25, 0.3) is 28.8 Å². The van der Waals surface area contributed by atoms with Crippen LogP contribution in [-0.4, -0.2) is 16.6 Å². The molecule has 136 valence electrons. The highest BCUT2D eigenvalue weighted by Gasteiger charge is 2.35. The van der Waals surface area contributed by atoms with Crippen LogP contribution in [0.2, 0.25) is 0 Å². The lowest BCUT2D eigenvalue weighted by atomic mass is 10.1. The molecule has 1 aliphatic rings. The zero-order valence-corrected chi connectivity index (χ0v) is 14.0. The number of halogens is 2. The van der Waals surface area contributed by atoms with Crippen molar-refractivity contribution >= 4 is 28.9 Å². The molecule has 0 saturated heterocycles. The third-order valence-corrected chi connectivity index (χ3v) is 4.45. The van der Waals surface area contributed by atoms with Crippen molar-refractivity contribution in [3.05, 3.63) is 82.6 Å². The Labute approximate surface area is 155 Å². The molecule has 2 aromatic heterocycles. The number of carbonyl (C=O) groups excluding carboxylic acids is 2. The third-order valence-electron chi connectivity index (χ3n) is 4.45. The summed E-state index contributed by atoms with van der Waals surface area (Å²) in [6, 6.07) is 12.2. The monoisotopic (exact) mass is 377 g/mol. The number of allylic oxidation sites excluding steroid dienone is 1. The molecule has 0 aliphatic heterocycles. The van der Waals surface area contributed by atoms with Crippen LogP contribution in [0.1, 0.15) is 26.5 Å². The molecule has 4 aromatic rings. The number of ketones is 2. The number of rotatable bonds is 2. The molecule has 0 radical (unpaired) electrons. The minimum absolute atomic E-state index is 0.171. The van der Waals surface area contributed by atoms with E-state index in [-0.39, 0.29) is 28.2 Å². The van der Waals surface area contributed by atoms with Gasteiger partial charge in [0.05, 0.1) is 5.57 Å². The van der Waals surface area contributed by atoms with E-state index in [1.54, 1.807) is 0 Å². The van der Waals surface area contributed by atoms with Gasteiger partial charge in [-0.15, -0.1) is 0 Å². The number of carbonyl (C=O) groups is 2. The fraction of sp³-hybridized carbons (Fsp3) is 0. The van der Waals surface area contributed by atoms with Crippen molar-refractivity contribution in [2.75, 3.05) is 0 Å². The molecule has 2 heterocycles. The number of oxazole rings is 1. The number of nitrogens with zero attached hydrogens (tertiary/aromatic N) is 1. The lowest BCUT2D eigenvalue weighted by Gasteiger charge is -1.96. The minimum Gasteiger partial charge on any atom is -0.436 e. The van der Waals surface area contributed by atoms with Gasteiger partial charge in [-0.25, -0.2) is 8.78 Å². The molecule has 2 aromatic carbocycles. The molecule has 28 heavy (non-hydrogen) atoms. The summed E-state index contributed by atoms with van der Waals surface area (Å²) in [5.41, 5.74) is 0.746. The Bertz CT molecular complexity index is 1240. The molecule has 0 atom stereocenters. The van der Waals surface area contributed by atoms with Crippen molar-refractivity contribution < 1.29 is 27.2 Å². The van der Waals surface area contributed by atoms with Crippen LogP contribution in [-0.2, 0) is 0 Å². The maximum atomic E-state index is 13.4. The standard InChI is InChI=1S/C21H9F2NO4/c22-15-8-12-13(9-16(15)23)19(26)14(18(12)25)6-11-7-17-21(27-11)24-20(28-17)10-4-2-1-3-5-10/h1-9H. The minimum atomic E-state index is -1.19. The van der Waals surface area contributed by atoms with E-state index in [0.29, 0.717) is 11.5 Å². The molecule has 0 N–H and O–H groups in total. The molecule has 0 amide bonds. The molecular formula is C21H9F2NO4. The van der Waals surface area contributed by atoms with Gasteiger partial charge in [-0.3, -0.25) is 9.59 Å². The SMILES string of the molecule is O=C1C(=Cc2cc3oc(-c4ccccc4)nc3o2)C(=O)c2cc(F)c(F)cc21. The van der Waals surface area contributed by atoms with E-state index in [0.717, 1.165) is 17.7 Å². The number of furan rings is 1. The first-order chi connectivity index (χ1) is 13.5. The topological polar surface area (TPSA) is 73.3 Å². The second-order valence-electron chi connectivity index (χ2n) is 6.23. The van der Waals surface area contributed by atoms with Crippen LogP contribution in [0.3, 0.4) is 0 Å². The van der Waals surface area contributed by atoms with Gasteiger partial charge >= 0.3 is 0 Å².